The number of nitrogens with one attached hydrogen (secondary N) is 1. The fourth-order valence-electron chi connectivity index (χ4n) is 3.47. The van der Waals surface area contributed by atoms with Gasteiger partial charge in [-0.25, -0.2) is 0 Å². The third-order valence-electron chi connectivity index (χ3n) is 4.79. The lowest BCUT2D eigenvalue weighted by atomic mass is 9.93. The molecule has 0 amide bonds. The molecule has 0 saturated carbocycles. The van der Waals surface area contributed by atoms with Gasteiger partial charge in [0.15, 0.2) is 5.96 Å². The van der Waals surface area contributed by atoms with E-state index < -0.39 is 0 Å². The molecule has 2 rings (SSSR count). The normalized spacial score (nSPS) is 27.9. The van der Waals surface area contributed by atoms with Crippen LogP contribution >= 0.6 is 0 Å². The van der Waals surface area contributed by atoms with Crippen molar-refractivity contribution in [3.63, 3.8) is 0 Å². The standard InChI is InChI=1S/C16H32N4/c1-5-19-9-6-7-14(12-19)11-18-15(17-4)20-10-8-16(2,3)13-20/h14H,5-13H2,1-4H3,(H,17,18). The van der Waals surface area contributed by atoms with Gasteiger partial charge >= 0.3 is 0 Å². The van der Waals surface area contributed by atoms with E-state index in [1.807, 2.05) is 7.05 Å². The molecule has 0 aromatic rings. The molecule has 2 fully saturated rings. The summed E-state index contributed by atoms with van der Waals surface area (Å²) < 4.78 is 0. The highest BCUT2D eigenvalue weighted by molar-refractivity contribution is 5.80. The Bertz CT molecular complexity index is 337. The highest BCUT2D eigenvalue weighted by Gasteiger charge is 2.31. The number of guanidine groups is 1. The average Bonchev–Trinajstić information content (AvgIpc) is 2.80. The molecule has 0 aromatic heterocycles. The quantitative estimate of drug-likeness (QED) is 0.634. The summed E-state index contributed by atoms with van der Waals surface area (Å²) in [6.45, 7) is 14.0. The Morgan fingerprint density at radius 1 is 1.35 bits per heavy atom. The molecule has 1 atom stereocenters. The van der Waals surface area contributed by atoms with Crippen molar-refractivity contribution >= 4 is 5.96 Å². The van der Waals surface area contributed by atoms with E-state index in [1.54, 1.807) is 0 Å². The first-order valence-corrected chi connectivity index (χ1v) is 8.22. The summed E-state index contributed by atoms with van der Waals surface area (Å²) in [6.07, 6.45) is 3.96. The van der Waals surface area contributed by atoms with Crippen LogP contribution in [0, 0.1) is 11.3 Å². The Balaban J connectivity index is 1.80. The molecule has 2 aliphatic rings. The van der Waals surface area contributed by atoms with Crippen LogP contribution in [0.25, 0.3) is 0 Å². The summed E-state index contributed by atoms with van der Waals surface area (Å²) in [4.78, 5) is 9.46. The minimum absolute atomic E-state index is 0.432. The van der Waals surface area contributed by atoms with E-state index in [-0.39, 0.29) is 0 Å². The van der Waals surface area contributed by atoms with Gasteiger partial charge < -0.3 is 15.1 Å². The minimum atomic E-state index is 0.432. The molecule has 20 heavy (non-hydrogen) atoms. The van der Waals surface area contributed by atoms with E-state index in [0.29, 0.717) is 5.41 Å². The predicted octanol–water partition coefficient (Wildman–Crippen LogP) is 2.03. The van der Waals surface area contributed by atoms with E-state index in [1.165, 1.54) is 38.9 Å². The van der Waals surface area contributed by atoms with Crippen LogP contribution in [0.1, 0.15) is 40.0 Å². The molecule has 2 heterocycles. The molecule has 0 bridgehead atoms. The summed E-state index contributed by atoms with van der Waals surface area (Å²) in [5, 5.41) is 3.61. The second kappa shape index (κ2) is 6.79. The van der Waals surface area contributed by atoms with Crippen molar-refractivity contribution in [3.8, 4) is 0 Å². The first kappa shape index (κ1) is 15.6. The van der Waals surface area contributed by atoms with Gasteiger partial charge in [-0.1, -0.05) is 20.8 Å². The van der Waals surface area contributed by atoms with E-state index >= 15 is 0 Å². The van der Waals surface area contributed by atoms with Crippen LogP contribution in [0.3, 0.4) is 0 Å². The van der Waals surface area contributed by atoms with Gasteiger partial charge in [-0.3, -0.25) is 4.99 Å². The molecular formula is C16H32N4. The van der Waals surface area contributed by atoms with Crippen molar-refractivity contribution in [2.24, 2.45) is 16.3 Å². The van der Waals surface area contributed by atoms with Crippen molar-refractivity contribution in [2.75, 3.05) is 46.3 Å². The maximum Gasteiger partial charge on any atom is 0.193 e. The Hall–Kier alpha value is -0.770. The number of hydrogen-bond donors (Lipinski definition) is 1. The molecule has 0 aromatic carbocycles. The molecular weight excluding hydrogens is 248 g/mol. The molecule has 4 heteroatoms. The van der Waals surface area contributed by atoms with Gasteiger partial charge in [-0.15, -0.1) is 0 Å². The molecule has 2 saturated heterocycles. The largest absolute Gasteiger partial charge is 0.356 e. The van der Waals surface area contributed by atoms with Crippen LogP contribution in [0.5, 0.6) is 0 Å². The van der Waals surface area contributed by atoms with Crippen LogP contribution < -0.4 is 5.32 Å². The molecule has 0 radical (unpaired) electrons. The maximum atomic E-state index is 4.48. The van der Waals surface area contributed by atoms with Crippen molar-refractivity contribution in [2.45, 2.75) is 40.0 Å². The lowest BCUT2D eigenvalue weighted by molar-refractivity contribution is 0.183. The number of hydrogen-bond acceptors (Lipinski definition) is 2. The number of rotatable bonds is 3. The third kappa shape index (κ3) is 4.11. The average molecular weight is 280 g/mol. The molecule has 2 aliphatic heterocycles. The molecule has 1 N–H and O–H groups in total. The SMILES string of the molecule is CCN1CCCC(CNC(=NC)N2CCC(C)(C)C2)C1. The number of likely N-dealkylation sites (tertiary alicyclic amines) is 2. The van der Waals surface area contributed by atoms with Gasteiger partial charge in [0.25, 0.3) is 0 Å². The topological polar surface area (TPSA) is 30.9 Å². The van der Waals surface area contributed by atoms with Gasteiger partial charge in [0, 0.05) is 33.2 Å². The summed E-state index contributed by atoms with van der Waals surface area (Å²) >= 11 is 0. The highest BCUT2D eigenvalue weighted by atomic mass is 15.3. The van der Waals surface area contributed by atoms with Gasteiger partial charge in [0.1, 0.15) is 0 Å². The Kier molecular flexibility index (Phi) is 5.30. The first-order chi connectivity index (χ1) is 9.54. The Labute approximate surface area is 124 Å². The van der Waals surface area contributed by atoms with Crippen molar-refractivity contribution in [3.05, 3.63) is 0 Å². The second-order valence-electron chi connectivity index (χ2n) is 7.17. The predicted molar refractivity (Wildman–Crippen MR) is 86.2 cm³/mol. The third-order valence-corrected chi connectivity index (χ3v) is 4.79. The summed E-state index contributed by atoms with van der Waals surface area (Å²) in [5.41, 5.74) is 0.432. The van der Waals surface area contributed by atoms with Gasteiger partial charge in [0.2, 0.25) is 0 Å². The fraction of sp³-hybridized carbons (Fsp3) is 0.938. The second-order valence-corrected chi connectivity index (χ2v) is 7.17. The van der Waals surface area contributed by atoms with E-state index in [0.717, 1.165) is 31.5 Å². The van der Waals surface area contributed by atoms with E-state index in [9.17, 15) is 0 Å². The summed E-state index contributed by atoms with van der Waals surface area (Å²) in [6, 6.07) is 0. The van der Waals surface area contributed by atoms with Gasteiger partial charge in [0.05, 0.1) is 0 Å². The smallest absolute Gasteiger partial charge is 0.193 e. The maximum absolute atomic E-state index is 4.48. The van der Waals surface area contributed by atoms with Gasteiger partial charge in [-0.2, -0.15) is 0 Å². The van der Waals surface area contributed by atoms with Crippen molar-refractivity contribution < 1.29 is 0 Å². The monoisotopic (exact) mass is 280 g/mol. The Morgan fingerprint density at radius 2 is 2.15 bits per heavy atom. The van der Waals surface area contributed by atoms with E-state index in [4.69, 9.17) is 0 Å². The lowest BCUT2D eigenvalue weighted by Crippen LogP contribution is -2.45. The lowest BCUT2D eigenvalue weighted by Gasteiger charge is -2.33. The zero-order valence-electron chi connectivity index (χ0n) is 13.8. The number of piperidine rings is 1. The zero-order valence-corrected chi connectivity index (χ0v) is 13.8. The van der Waals surface area contributed by atoms with E-state index in [2.05, 4.69) is 40.9 Å². The zero-order chi connectivity index (χ0) is 14.6. The molecule has 116 valence electrons. The van der Waals surface area contributed by atoms with Crippen LogP contribution in [0.2, 0.25) is 0 Å². The van der Waals surface area contributed by atoms with Crippen LogP contribution in [-0.2, 0) is 0 Å². The van der Waals surface area contributed by atoms with Crippen LogP contribution in [0.4, 0.5) is 0 Å². The minimum Gasteiger partial charge on any atom is -0.356 e. The number of aliphatic imine (C=N–C) groups is 1. The molecule has 0 spiro atoms. The Morgan fingerprint density at radius 3 is 2.75 bits per heavy atom. The summed E-state index contributed by atoms with van der Waals surface area (Å²) in [5.74, 6) is 1.88. The molecule has 0 aliphatic carbocycles. The molecule has 1 unspecified atom stereocenters. The van der Waals surface area contributed by atoms with Gasteiger partial charge in [-0.05, 0) is 43.7 Å². The van der Waals surface area contributed by atoms with Crippen molar-refractivity contribution in [1.82, 2.24) is 15.1 Å². The summed E-state index contributed by atoms with van der Waals surface area (Å²) in [7, 11) is 1.91. The van der Waals surface area contributed by atoms with Crippen LogP contribution in [-0.4, -0.2) is 62.1 Å². The fourth-order valence-corrected chi connectivity index (χ4v) is 3.47. The first-order valence-electron chi connectivity index (χ1n) is 8.22. The highest BCUT2D eigenvalue weighted by Crippen LogP contribution is 2.28. The van der Waals surface area contributed by atoms with Crippen LogP contribution in [0.15, 0.2) is 4.99 Å². The molecule has 4 nitrogen and oxygen atoms in total. The number of nitrogens with zero attached hydrogens (tertiary/aromatic N) is 3. The van der Waals surface area contributed by atoms with Crippen molar-refractivity contribution in [1.29, 1.82) is 0 Å².